The molecular weight excluding hydrogens is 451 g/mol. The summed E-state index contributed by atoms with van der Waals surface area (Å²) in [5.74, 6) is 0.929. The van der Waals surface area contributed by atoms with Gasteiger partial charge in [0.05, 0.1) is 5.69 Å². The number of nitrogens with zero attached hydrogens (tertiary/aromatic N) is 4. The van der Waals surface area contributed by atoms with Crippen LogP contribution in [0, 0.1) is 13.8 Å². The van der Waals surface area contributed by atoms with E-state index in [1.807, 2.05) is 11.7 Å². The lowest BCUT2D eigenvalue weighted by atomic mass is 10.0. The SMILES string of the molecule is CCNC(=NCCCN1CCCCC1C)NCCc1c(C)nn(C)c1C.I. The first kappa shape index (κ1) is 24.2. The molecule has 27 heavy (non-hydrogen) atoms. The molecule has 2 rings (SSSR count). The van der Waals surface area contributed by atoms with Crippen molar-refractivity contribution < 1.29 is 0 Å². The Balaban J connectivity index is 0.00000364. The molecule has 6 nitrogen and oxygen atoms in total. The fourth-order valence-electron chi connectivity index (χ4n) is 3.78. The largest absolute Gasteiger partial charge is 0.357 e. The molecule has 1 unspecified atom stereocenters. The van der Waals surface area contributed by atoms with E-state index < -0.39 is 0 Å². The number of hydrogen-bond acceptors (Lipinski definition) is 3. The van der Waals surface area contributed by atoms with Gasteiger partial charge in [-0.05, 0) is 65.5 Å². The number of aromatic nitrogens is 2. The predicted molar refractivity (Wildman–Crippen MR) is 125 cm³/mol. The number of hydrogen-bond donors (Lipinski definition) is 2. The second kappa shape index (κ2) is 12.6. The van der Waals surface area contributed by atoms with Crippen LogP contribution in [0.25, 0.3) is 0 Å². The fourth-order valence-corrected chi connectivity index (χ4v) is 3.78. The lowest BCUT2D eigenvalue weighted by Gasteiger charge is -2.33. The lowest BCUT2D eigenvalue weighted by molar-refractivity contribution is 0.160. The second-order valence-electron chi connectivity index (χ2n) is 7.44. The van der Waals surface area contributed by atoms with Crippen molar-refractivity contribution >= 4 is 29.9 Å². The number of aliphatic imine (C=N–C) groups is 1. The molecule has 156 valence electrons. The van der Waals surface area contributed by atoms with Gasteiger partial charge in [0.25, 0.3) is 0 Å². The zero-order valence-electron chi connectivity index (χ0n) is 17.8. The van der Waals surface area contributed by atoms with Crippen molar-refractivity contribution in [3.05, 3.63) is 17.0 Å². The van der Waals surface area contributed by atoms with Gasteiger partial charge in [0.2, 0.25) is 0 Å². The third kappa shape index (κ3) is 7.60. The number of likely N-dealkylation sites (tertiary alicyclic amines) is 1. The van der Waals surface area contributed by atoms with Crippen LogP contribution in [-0.2, 0) is 13.5 Å². The highest BCUT2D eigenvalue weighted by Gasteiger charge is 2.17. The zero-order valence-corrected chi connectivity index (χ0v) is 20.2. The summed E-state index contributed by atoms with van der Waals surface area (Å²) in [5.41, 5.74) is 3.72. The molecule has 0 bridgehead atoms. The van der Waals surface area contributed by atoms with Crippen molar-refractivity contribution in [3.63, 3.8) is 0 Å². The minimum atomic E-state index is 0. The van der Waals surface area contributed by atoms with Gasteiger partial charge >= 0.3 is 0 Å². The molecule has 2 heterocycles. The number of aryl methyl sites for hydroxylation is 2. The standard InChI is InChI=1S/C20H38N6.HI/c1-6-21-20(22-12-9-15-26-14-8-7-10-16(26)2)23-13-11-19-17(3)24-25(5)18(19)4;/h16H,6-15H2,1-5H3,(H2,21,22,23);1H. The van der Waals surface area contributed by atoms with Gasteiger partial charge in [0, 0.05) is 45.0 Å². The Morgan fingerprint density at radius 1 is 1.26 bits per heavy atom. The Hall–Kier alpha value is -0.830. The zero-order chi connectivity index (χ0) is 18.9. The number of nitrogens with one attached hydrogen (secondary N) is 2. The Bertz CT molecular complexity index is 583. The van der Waals surface area contributed by atoms with E-state index in [4.69, 9.17) is 4.99 Å². The molecule has 1 aromatic heterocycles. The van der Waals surface area contributed by atoms with Crippen LogP contribution in [0.15, 0.2) is 4.99 Å². The van der Waals surface area contributed by atoms with Gasteiger partial charge in [-0.3, -0.25) is 9.67 Å². The van der Waals surface area contributed by atoms with E-state index in [1.54, 1.807) is 0 Å². The smallest absolute Gasteiger partial charge is 0.191 e. The first-order valence-electron chi connectivity index (χ1n) is 10.3. The molecule has 1 aliphatic heterocycles. The first-order valence-corrected chi connectivity index (χ1v) is 10.3. The van der Waals surface area contributed by atoms with Crippen molar-refractivity contribution in [2.75, 3.05) is 32.7 Å². The van der Waals surface area contributed by atoms with E-state index in [0.717, 1.165) is 56.7 Å². The van der Waals surface area contributed by atoms with Crippen molar-refractivity contribution in [2.45, 2.75) is 65.8 Å². The second-order valence-corrected chi connectivity index (χ2v) is 7.44. The summed E-state index contributed by atoms with van der Waals surface area (Å²) < 4.78 is 1.96. The Morgan fingerprint density at radius 3 is 2.67 bits per heavy atom. The third-order valence-electron chi connectivity index (χ3n) is 5.48. The molecule has 0 amide bonds. The van der Waals surface area contributed by atoms with E-state index in [2.05, 4.69) is 48.3 Å². The molecule has 0 radical (unpaired) electrons. The summed E-state index contributed by atoms with van der Waals surface area (Å²) in [7, 11) is 2.01. The highest BCUT2D eigenvalue weighted by atomic mass is 127. The highest BCUT2D eigenvalue weighted by Crippen LogP contribution is 2.16. The molecule has 2 N–H and O–H groups in total. The number of rotatable bonds is 8. The molecule has 0 spiro atoms. The maximum atomic E-state index is 4.75. The van der Waals surface area contributed by atoms with Crippen LogP contribution < -0.4 is 10.6 Å². The normalized spacial score (nSPS) is 18.3. The molecule has 0 aromatic carbocycles. The highest BCUT2D eigenvalue weighted by molar-refractivity contribution is 14.0. The van der Waals surface area contributed by atoms with Gasteiger partial charge in [-0.25, -0.2) is 0 Å². The Morgan fingerprint density at radius 2 is 2.04 bits per heavy atom. The molecule has 0 saturated carbocycles. The number of piperidine rings is 1. The van der Waals surface area contributed by atoms with Crippen molar-refractivity contribution in [2.24, 2.45) is 12.0 Å². The van der Waals surface area contributed by atoms with Crippen molar-refractivity contribution in [1.82, 2.24) is 25.3 Å². The van der Waals surface area contributed by atoms with Crippen LogP contribution in [0.2, 0.25) is 0 Å². The molecule has 1 aliphatic rings. The molecule has 1 fully saturated rings. The van der Waals surface area contributed by atoms with Crippen molar-refractivity contribution in [3.8, 4) is 0 Å². The van der Waals surface area contributed by atoms with E-state index >= 15 is 0 Å². The van der Waals surface area contributed by atoms with Crippen LogP contribution in [-0.4, -0.2) is 59.4 Å². The maximum Gasteiger partial charge on any atom is 0.191 e. The van der Waals surface area contributed by atoms with Gasteiger partial charge in [-0.1, -0.05) is 6.42 Å². The van der Waals surface area contributed by atoms with Gasteiger partial charge in [0.1, 0.15) is 0 Å². The summed E-state index contributed by atoms with van der Waals surface area (Å²) in [4.78, 5) is 7.37. The Labute approximate surface area is 182 Å². The van der Waals surface area contributed by atoms with Crippen LogP contribution >= 0.6 is 24.0 Å². The summed E-state index contributed by atoms with van der Waals surface area (Å²) in [6, 6.07) is 0.741. The summed E-state index contributed by atoms with van der Waals surface area (Å²) in [6.45, 7) is 13.8. The summed E-state index contributed by atoms with van der Waals surface area (Å²) in [6.07, 6.45) is 6.19. The minimum Gasteiger partial charge on any atom is -0.357 e. The maximum absolute atomic E-state index is 4.75. The number of guanidine groups is 1. The van der Waals surface area contributed by atoms with Crippen LogP contribution in [0.3, 0.4) is 0 Å². The monoisotopic (exact) mass is 490 g/mol. The van der Waals surface area contributed by atoms with E-state index in [9.17, 15) is 0 Å². The lowest BCUT2D eigenvalue weighted by Crippen LogP contribution is -2.39. The quantitative estimate of drug-likeness (QED) is 0.255. The summed E-state index contributed by atoms with van der Waals surface area (Å²) >= 11 is 0. The average molecular weight is 490 g/mol. The molecule has 0 aliphatic carbocycles. The molecule has 1 atom stereocenters. The van der Waals surface area contributed by atoms with E-state index in [0.29, 0.717) is 0 Å². The van der Waals surface area contributed by atoms with Crippen LogP contribution in [0.4, 0.5) is 0 Å². The van der Waals surface area contributed by atoms with Gasteiger partial charge in [0.15, 0.2) is 5.96 Å². The van der Waals surface area contributed by atoms with E-state index in [1.165, 1.54) is 37.1 Å². The first-order chi connectivity index (χ1) is 12.5. The predicted octanol–water partition coefficient (Wildman–Crippen LogP) is 3.02. The molecular formula is C20H39IN6. The number of halogens is 1. The van der Waals surface area contributed by atoms with E-state index in [-0.39, 0.29) is 24.0 Å². The Kier molecular flexibility index (Phi) is 11.3. The fraction of sp³-hybridized carbons (Fsp3) is 0.800. The summed E-state index contributed by atoms with van der Waals surface area (Å²) in [5, 5.41) is 11.3. The van der Waals surface area contributed by atoms with Crippen LogP contribution in [0.5, 0.6) is 0 Å². The molecule has 1 saturated heterocycles. The van der Waals surface area contributed by atoms with Gasteiger partial charge in [-0.15, -0.1) is 24.0 Å². The van der Waals surface area contributed by atoms with Crippen molar-refractivity contribution in [1.29, 1.82) is 0 Å². The molecule has 1 aromatic rings. The topological polar surface area (TPSA) is 57.5 Å². The van der Waals surface area contributed by atoms with Gasteiger partial charge < -0.3 is 15.5 Å². The third-order valence-corrected chi connectivity index (χ3v) is 5.48. The average Bonchev–Trinajstić information content (AvgIpc) is 2.86. The van der Waals surface area contributed by atoms with Gasteiger partial charge in [-0.2, -0.15) is 5.10 Å². The molecule has 7 heteroatoms. The minimum absolute atomic E-state index is 0. The van der Waals surface area contributed by atoms with Crippen LogP contribution in [0.1, 0.15) is 56.5 Å².